The average molecular weight is 415 g/mol. The molecule has 0 radical (unpaired) electrons. The van der Waals surface area contributed by atoms with Crippen molar-refractivity contribution in [2.24, 2.45) is 5.92 Å². The quantitative estimate of drug-likeness (QED) is 0.455. The number of nitrogens with zero attached hydrogens (tertiary/aromatic N) is 3. The van der Waals surface area contributed by atoms with E-state index in [2.05, 4.69) is 32.5 Å². The number of aromatic nitrogens is 4. The lowest BCUT2D eigenvalue weighted by Crippen LogP contribution is -2.24. The van der Waals surface area contributed by atoms with Gasteiger partial charge >= 0.3 is 7.23 Å². The summed E-state index contributed by atoms with van der Waals surface area (Å²) in [5, 5.41) is 11.9. The minimum Gasteiger partial charge on any atom is -0.408 e. The number of rotatable bonds is 6. The predicted octanol–water partition coefficient (Wildman–Crippen LogP) is 0.583. The van der Waals surface area contributed by atoms with Crippen LogP contribution in [0.3, 0.4) is 0 Å². The van der Waals surface area contributed by atoms with Crippen LogP contribution in [0, 0.1) is 5.92 Å². The molecule has 1 aliphatic heterocycles. The fourth-order valence-corrected chi connectivity index (χ4v) is 3.46. The van der Waals surface area contributed by atoms with Gasteiger partial charge in [-0.05, 0) is 0 Å². The van der Waals surface area contributed by atoms with E-state index in [1.165, 1.54) is 10.9 Å². The van der Waals surface area contributed by atoms with Gasteiger partial charge in [0.15, 0.2) is 23.5 Å². The number of anilines is 1. The molecule has 1 fully saturated rings. The van der Waals surface area contributed by atoms with Gasteiger partial charge in [0.25, 0.3) is 5.56 Å². The maximum absolute atomic E-state index is 12.3. The summed E-state index contributed by atoms with van der Waals surface area (Å²) >= 11 is 4.61. The van der Waals surface area contributed by atoms with Crippen LogP contribution < -0.4 is 10.9 Å². The summed E-state index contributed by atoms with van der Waals surface area (Å²) in [5.74, 6) is -0.651. The van der Waals surface area contributed by atoms with Gasteiger partial charge in [-0.2, -0.15) is 9.51 Å². The minimum absolute atomic E-state index is 0.0310. The molecule has 27 heavy (non-hydrogen) atoms. The maximum atomic E-state index is 12.3. The van der Waals surface area contributed by atoms with E-state index in [4.69, 9.17) is 9.26 Å². The summed E-state index contributed by atoms with van der Waals surface area (Å²) in [6.45, 7) is 3.14. The number of hydrogen-bond acceptors (Lipinski definition) is 9. The smallest absolute Gasteiger partial charge is 0.372 e. The molecule has 3 rings (SSSR count). The Hall–Kier alpha value is -1.85. The van der Waals surface area contributed by atoms with E-state index in [0.29, 0.717) is 0 Å². The van der Waals surface area contributed by atoms with E-state index < -0.39 is 31.2 Å². The maximum Gasteiger partial charge on any atom is 0.372 e. The van der Waals surface area contributed by atoms with Gasteiger partial charge < -0.3 is 22.1 Å². The Kier molecular flexibility index (Phi) is 5.92. The molecule has 3 N–H and O–H groups in total. The fourth-order valence-electron chi connectivity index (χ4n) is 2.72. The average Bonchev–Trinajstić information content (AvgIpc) is 3.18. The number of imidazole rings is 1. The molecule has 1 amide bonds. The van der Waals surface area contributed by atoms with Crippen LogP contribution in [0.25, 0.3) is 11.2 Å². The molecule has 0 bridgehead atoms. The zero-order valence-corrected chi connectivity index (χ0v) is 16.2. The third kappa shape index (κ3) is 4.19. The predicted molar refractivity (Wildman–Crippen MR) is 97.1 cm³/mol. The first-order valence-electron chi connectivity index (χ1n) is 8.15. The molecule has 3 heterocycles. The topological polar surface area (TPSA) is 148 Å². The van der Waals surface area contributed by atoms with E-state index in [1.807, 2.05) is 0 Å². The van der Waals surface area contributed by atoms with Crippen LogP contribution in [-0.4, -0.2) is 49.3 Å². The molecule has 146 valence electrons. The molecular formula is C14H18N5O6PS. The van der Waals surface area contributed by atoms with Crippen molar-refractivity contribution in [3.63, 3.8) is 0 Å². The zero-order chi connectivity index (χ0) is 19.7. The highest BCUT2D eigenvalue weighted by Gasteiger charge is 2.41. The van der Waals surface area contributed by atoms with Crippen molar-refractivity contribution in [2.45, 2.75) is 38.7 Å². The van der Waals surface area contributed by atoms with Crippen LogP contribution in [0.2, 0.25) is 0 Å². The van der Waals surface area contributed by atoms with Gasteiger partial charge in [-0.25, -0.2) is 4.98 Å². The number of aliphatic hydroxyl groups is 1. The number of carbonyl (C=O) groups excluding carboxylic acids is 1. The standard InChI is InChI=1S/C14H18N5O6PS/c1-6(2)11(21)17-14-16-10-9(12(22)18-14)15-5-19(10)13-8(25-26(23)27)3-7(4-20)24-13/h5-8,13,20H,3-4H2,1-2H3,(H2,16,17,18,21,22)/t7-,8+,13+/m0/s1. The third-order valence-electron chi connectivity index (χ3n) is 4.04. The monoisotopic (exact) mass is 415 g/mol. The first-order valence-corrected chi connectivity index (χ1v) is 10.3. The highest BCUT2D eigenvalue weighted by molar-refractivity contribution is 8.25. The van der Waals surface area contributed by atoms with Gasteiger partial charge in [0, 0.05) is 12.3 Å². The Labute approximate surface area is 159 Å². The molecule has 0 saturated carbocycles. The molecule has 0 aliphatic carbocycles. The van der Waals surface area contributed by atoms with Crippen molar-refractivity contribution in [3.05, 3.63) is 16.7 Å². The van der Waals surface area contributed by atoms with Crippen LogP contribution in [-0.2, 0) is 30.9 Å². The number of aromatic amines is 1. The molecule has 0 spiro atoms. The van der Waals surface area contributed by atoms with E-state index in [1.54, 1.807) is 13.8 Å². The second-order valence-corrected chi connectivity index (χ2v) is 7.87. The summed E-state index contributed by atoms with van der Waals surface area (Å²) in [4.78, 5) is 34.9. The number of fused-ring (bicyclic) bond motifs is 1. The molecule has 11 nitrogen and oxygen atoms in total. The summed E-state index contributed by atoms with van der Waals surface area (Å²) in [6.07, 6.45) is -0.506. The van der Waals surface area contributed by atoms with Crippen molar-refractivity contribution in [1.29, 1.82) is 0 Å². The summed E-state index contributed by atoms with van der Waals surface area (Å²) < 4.78 is 23.7. The van der Waals surface area contributed by atoms with Crippen LogP contribution in [0.15, 0.2) is 11.1 Å². The minimum atomic E-state index is -2.32. The number of ether oxygens (including phenoxy) is 1. The van der Waals surface area contributed by atoms with Gasteiger partial charge in [-0.1, -0.05) is 18.4 Å². The highest BCUT2D eigenvalue weighted by Crippen LogP contribution is 2.37. The Morgan fingerprint density at radius 3 is 3.00 bits per heavy atom. The van der Waals surface area contributed by atoms with Gasteiger partial charge in [0.2, 0.25) is 11.9 Å². The Morgan fingerprint density at radius 2 is 2.37 bits per heavy atom. The molecule has 0 aromatic carbocycles. The second kappa shape index (κ2) is 8.03. The molecule has 1 unspecified atom stereocenters. The van der Waals surface area contributed by atoms with E-state index in [0.717, 1.165) is 0 Å². The van der Waals surface area contributed by atoms with Crippen molar-refractivity contribution in [1.82, 2.24) is 19.5 Å². The number of aliphatic hydroxyl groups excluding tert-OH is 1. The van der Waals surface area contributed by atoms with E-state index in [9.17, 15) is 19.3 Å². The van der Waals surface area contributed by atoms with Crippen LogP contribution in [0.5, 0.6) is 0 Å². The fraction of sp³-hybridized carbons (Fsp3) is 0.571. The molecule has 1 saturated heterocycles. The Morgan fingerprint density at radius 1 is 1.63 bits per heavy atom. The first-order chi connectivity index (χ1) is 12.8. The Bertz CT molecular complexity index is 930. The van der Waals surface area contributed by atoms with E-state index >= 15 is 0 Å². The lowest BCUT2D eigenvalue weighted by molar-refractivity contribution is -0.118. The van der Waals surface area contributed by atoms with Crippen molar-refractivity contribution in [3.8, 4) is 0 Å². The number of nitrogens with one attached hydrogen (secondary N) is 2. The molecule has 4 atom stereocenters. The number of amides is 1. The van der Waals surface area contributed by atoms with Gasteiger partial charge in [0.05, 0.1) is 19.0 Å². The van der Waals surface area contributed by atoms with Crippen LogP contribution >= 0.6 is 7.23 Å². The normalized spacial score (nSPS) is 23.1. The molecule has 2 aromatic heterocycles. The molecule has 1 aliphatic rings. The largest absolute Gasteiger partial charge is 0.408 e. The lowest BCUT2D eigenvalue weighted by atomic mass is 10.2. The summed E-state index contributed by atoms with van der Waals surface area (Å²) in [7, 11) is -2.32. The highest BCUT2D eigenvalue weighted by atomic mass is 32.7. The van der Waals surface area contributed by atoms with Crippen molar-refractivity contribution >= 4 is 42.5 Å². The number of carbonyl (C=O) groups is 1. The molecular weight excluding hydrogens is 397 g/mol. The first kappa shape index (κ1) is 19.9. The number of hydrogen-bond donors (Lipinski definition) is 3. The lowest BCUT2D eigenvalue weighted by Gasteiger charge is -2.17. The number of H-pyrrole nitrogens is 1. The zero-order valence-electron chi connectivity index (χ0n) is 14.5. The summed E-state index contributed by atoms with van der Waals surface area (Å²) in [5.41, 5.74) is -0.356. The summed E-state index contributed by atoms with van der Waals surface area (Å²) in [6, 6.07) is 0. The molecule has 2 aromatic rings. The van der Waals surface area contributed by atoms with Crippen LogP contribution in [0.1, 0.15) is 26.5 Å². The second-order valence-electron chi connectivity index (χ2n) is 6.32. The SMILES string of the molecule is CC(C)C(=O)Nc1nc2c(ncn2[C@@H]2O[C@H](CO)C[C@H]2O[P+](=O)[S-])c(=O)[nH]1. The van der Waals surface area contributed by atoms with Crippen LogP contribution in [0.4, 0.5) is 5.95 Å². The van der Waals surface area contributed by atoms with E-state index in [-0.39, 0.29) is 42.0 Å². The van der Waals surface area contributed by atoms with Crippen molar-refractivity contribution < 1.29 is 23.7 Å². The third-order valence-corrected chi connectivity index (χ3v) is 4.74. The molecule has 13 heteroatoms. The van der Waals surface area contributed by atoms with Gasteiger partial charge in [-0.3, -0.25) is 24.5 Å². The van der Waals surface area contributed by atoms with Gasteiger partial charge in [-0.15, -0.1) is 0 Å². The van der Waals surface area contributed by atoms with Gasteiger partial charge in [0.1, 0.15) is 0 Å². The Balaban J connectivity index is 2.01. The van der Waals surface area contributed by atoms with Crippen molar-refractivity contribution in [2.75, 3.05) is 11.9 Å².